The van der Waals surface area contributed by atoms with Crippen molar-refractivity contribution in [2.24, 2.45) is 0 Å². The van der Waals surface area contributed by atoms with Gasteiger partial charge in [0.1, 0.15) is 5.82 Å². The van der Waals surface area contributed by atoms with Crippen molar-refractivity contribution in [3.05, 3.63) is 94.2 Å². The van der Waals surface area contributed by atoms with Gasteiger partial charge in [-0.25, -0.2) is 19.6 Å². The molecule has 2 aromatic carbocycles. The number of benzene rings is 2. The molecule has 0 unspecified atom stereocenters. The minimum absolute atomic E-state index is 0. The van der Waals surface area contributed by atoms with Gasteiger partial charge in [0, 0.05) is 35.5 Å². The molecule has 0 radical (unpaired) electrons. The molecule has 0 spiro atoms. The number of hydrogen-bond donors (Lipinski definition) is 0. The summed E-state index contributed by atoms with van der Waals surface area (Å²) in [6.07, 6.45) is 15.8. The molecule has 0 aliphatic carbocycles. The first-order valence-electron chi connectivity index (χ1n) is 17.4. The van der Waals surface area contributed by atoms with Gasteiger partial charge < -0.3 is 18.6 Å². The van der Waals surface area contributed by atoms with Gasteiger partial charge in [0.25, 0.3) is 0 Å². The summed E-state index contributed by atoms with van der Waals surface area (Å²) in [6.45, 7) is 8.62. The second kappa shape index (κ2) is 23.3. The van der Waals surface area contributed by atoms with E-state index >= 15 is 0 Å². The zero-order valence-corrected chi connectivity index (χ0v) is 33.4. The van der Waals surface area contributed by atoms with Gasteiger partial charge >= 0.3 is 101 Å². The molecular weight excluding hydrogens is 741 g/mol. The smallest absolute Gasteiger partial charge is 0.358 e. The summed E-state index contributed by atoms with van der Waals surface area (Å²) in [5.74, 6) is 0.0614. The molecule has 1 aliphatic rings. The molecule has 0 N–H and O–H groups in total. The average molecular weight is 798 g/mol. The minimum Gasteiger partial charge on any atom is -0.464 e. The van der Waals surface area contributed by atoms with Crippen molar-refractivity contribution in [1.29, 1.82) is 0 Å². The Kier molecular flexibility index (Phi) is 19.9. The number of methoxy groups -OCH3 is 2. The van der Waals surface area contributed by atoms with Gasteiger partial charge in [0.05, 0.1) is 20.5 Å². The van der Waals surface area contributed by atoms with Gasteiger partial charge in [-0.15, -0.1) is 0 Å². The molecular formula is C39H57BrGeN4O4. The molecule has 2 aromatic heterocycles. The van der Waals surface area contributed by atoms with E-state index in [-0.39, 0.29) is 13.4 Å². The molecule has 10 heteroatoms. The number of fused-ring (bicyclic) bond motifs is 3. The zero-order chi connectivity index (χ0) is 34.7. The summed E-state index contributed by atoms with van der Waals surface area (Å²) in [5.41, 5.74) is 4.32. The van der Waals surface area contributed by atoms with Crippen LogP contribution in [0.4, 0.5) is 0 Å². The number of unbranched alkanes of at least 4 members (excludes halogenated alkanes) is 3. The molecule has 3 heterocycles. The van der Waals surface area contributed by atoms with Crippen molar-refractivity contribution >= 4 is 42.2 Å². The Balaban J connectivity index is 0.000000257. The van der Waals surface area contributed by atoms with E-state index in [4.69, 9.17) is 0 Å². The van der Waals surface area contributed by atoms with Crippen LogP contribution in [0.25, 0.3) is 11.4 Å². The summed E-state index contributed by atoms with van der Waals surface area (Å²) in [5, 5.41) is 5.01. The molecule has 8 nitrogen and oxygen atoms in total. The Bertz CT molecular complexity index is 1530. The molecule has 0 atom stereocenters. The number of halogens is 1. The molecule has 0 fully saturated rings. The van der Waals surface area contributed by atoms with E-state index in [1.807, 2.05) is 45.5 Å². The second-order valence-electron chi connectivity index (χ2n) is 12.2. The summed E-state index contributed by atoms with van der Waals surface area (Å²) < 4.78 is 14.3. The summed E-state index contributed by atoms with van der Waals surface area (Å²) in [6, 6.07) is 16.2. The van der Waals surface area contributed by atoms with Gasteiger partial charge in [-0.1, -0.05) is 65.8 Å². The fourth-order valence-electron chi connectivity index (χ4n) is 5.76. The third-order valence-corrected chi connectivity index (χ3v) is 17.1. The van der Waals surface area contributed by atoms with Crippen LogP contribution in [-0.2, 0) is 35.4 Å². The van der Waals surface area contributed by atoms with Gasteiger partial charge in [-0.2, -0.15) is 0 Å². The number of esters is 2. The number of imidazole rings is 2. The third-order valence-electron chi connectivity index (χ3n) is 8.57. The third kappa shape index (κ3) is 13.6. The maximum absolute atomic E-state index is 11.4. The van der Waals surface area contributed by atoms with Crippen LogP contribution in [0.5, 0.6) is 0 Å². The minimum atomic E-state index is -0.752. The predicted molar refractivity (Wildman–Crippen MR) is 207 cm³/mol. The first-order valence-corrected chi connectivity index (χ1v) is 23.3. The van der Waals surface area contributed by atoms with Crippen molar-refractivity contribution in [3.63, 3.8) is 0 Å². The number of aromatic nitrogens is 4. The first-order chi connectivity index (χ1) is 23.3. The number of hydrogen-bond acceptors (Lipinski definition) is 6. The van der Waals surface area contributed by atoms with Crippen molar-refractivity contribution in [3.8, 4) is 11.4 Å². The average Bonchev–Trinajstić information content (AvgIpc) is 3.79. The van der Waals surface area contributed by atoms with E-state index in [0.717, 1.165) is 41.8 Å². The van der Waals surface area contributed by atoms with Crippen LogP contribution in [0.1, 0.15) is 98.8 Å². The maximum Gasteiger partial charge on any atom is 0.358 e. The van der Waals surface area contributed by atoms with Crippen LogP contribution >= 0.6 is 15.9 Å². The van der Waals surface area contributed by atoms with Crippen LogP contribution in [0.2, 0.25) is 15.8 Å². The summed E-state index contributed by atoms with van der Waals surface area (Å²) in [4.78, 5) is 31.0. The molecule has 0 amide bonds. The maximum atomic E-state index is 11.4. The molecule has 0 bridgehead atoms. The first kappa shape index (κ1) is 42.0. The molecule has 49 heavy (non-hydrogen) atoms. The largest absolute Gasteiger partial charge is 0.464 e. The fraction of sp³-hybridized carbons (Fsp3) is 0.487. The molecule has 0 saturated carbocycles. The number of carbonyl (C=O) groups is 2. The monoisotopic (exact) mass is 798 g/mol. The topological polar surface area (TPSA) is 88.2 Å². The quantitative estimate of drug-likeness (QED) is 0.0933. The SMILES string of the molecule is C.CCC[CH2][GeH]([CH2]CCC)[CH2]CCC.COC(=O)c1cn(CCc2ccccc2Br)cn1.COC(=O)c1cn2c(n1)-c1ccccc1CC2. The Morgan fingerprint density at radius 1 is 0.837 bits per heavy atom. The van der Waals surface area contributed by atoms with Gasteiger partial charge in [-0.05, 0) is 30.0 Å². The van der Waals surface area contributed by atoms with Crippen LogP contribution in [-0.4, -0.2) is 59.6 Å². The number of aryl methyl sites for hydroxylation is 4. The summed E-state index contributed by atoms with van der Waals surface area (Å²) >= 11 is 2.76. The Morgan fingerprint density at radius 2 is 1.43 bits per heavy atom. The van der Waals surface area contributed by atoms with Gasteiger partial charge in [0.2, 0.25) is 0 Å². The number of carbonyl (C=O) groups excluding carboxylic acids is 2. The zero-order valence-electron chi connectivity index (χ0n) is 29.4. The van der Waals surface area contributed by atoms with E-state index in [1.54, 1.807) is 34.5 Å². The fourth-order valence-corrected chi connectivity index (χ4v) is 14.3. The van der Waals surface area contributed by atoms with E-state index in [1.165, 1.54) is 63.9 Å². The normalized spacial score (nSPS) is 11.2. The van der Waals surface area contributed by atoms with Crippen LogP contribution in [0.3, 0.4) is 0 Å². The van der Waals surface area contributed by atoms with Crippen molar-refractivity contribution in [2.75, 3.05) is 14.2 Å². The molecule has 0 saturated heterocycles. The predicted octanol–water partition coefficient (Wildman–Crippen LogP) is 9.82. The Hall–Kier alpha value is -3.18. The second-order valence-corrected chi connectivity index (χ2v) is 20.3. The Morgan fingerprint density at radius 3 is 2.04 bits per heavy atom. The number of nitrogens with zero attached hydrogens (tertiary/aromatic N) is 4. The number of rotatable bonds is 14. The molecule has 4 aromatic rings. The van der Waals surface area contributed by atoms with Crippen molar-refractivity contribution in [2.45, 2.75) is 108 Å². The van der Waals surface area contributed by atoms with E-state index in [9.17, 15) is 9.59 Å². The summed E-state index contributed by atoms with van der Waals surface area (Å²) in [7, 11) is 2.72. The van der Waals surface area contributed by atoms with Crippen LogP contribution in [0.15, 0.2) is 71.7 Å². The molecule has 5 rings (SSSR count). The molecule has 1 aliphatic heterocycles. The van der Waals surface area contributed by atoms with E-state index in [2.05, 4.69) is 68.3 Å². The number of ether oxygens (including phenoxy) is 2. The van der Waals surface area contributed by atoms with Crippen molar-refractivity contribution in [1.82, 2.24) is 19.1 Å². The van der Waals surface area contributed by atoms with E-state index in [0.29, 0.717) is 11.4 Å². The molecule has 268 valence electrons. The standard InChI is InChI=1S/C13H13BrN2O2.C13H12N2O2.C12H28Ge.CH4/c1-18-13(17)12-8-16(9-15-12)7-6-10-4-2-3-5-11(10)14;1-17-13(16)11-8-15-7-6-9-4-2-3-5-10(9)12(15)14-11;1-4-7-10-13(11-8-5-2)12-9-6-3;/h2-5,8-9H,6-7H2,1H3;2-5,8H,6-7H2,1H3;13H,4-12H2,1-3H3;1H4. The van der Waals surface area contributed by atoms with Crippen LogP contribution < -0.4 is 0 Å². The van der Waals surface area contributed by atoms with Gasteiger partial charge in [-0.3, -0.25) is 0 Å². The Labute approximate surface area is 307 Å². The van der Waals surface area contributed by atoms with Crippen molar-refractivity contribution < 1.29 is 19.1 Å². The van der Waals surface area contributed by atoms with E-state index < -0.39 is 20.3 Å². The van der Waals surface area contributed by atoms with Crippen LogP contribution in [0, 0.1) is 0 Å². The van der Waals surface area contributed by atoms with Gasteiger partial charge in [0.15, 0.2) is 11.4 Å².